The molecule has 0 bridgehead atoms. The number of rotatable bonds is 1. The van der Waals surface area contributed by atoms with Gasteiger partial charge in [-0.1, -0.05) is 13.8 Å². The van der Waals surface area contributed by atoms with Gasteiger partial charge in [-0.25, -0.2) is 0 Å². The number of nitriles is 1. The molecule has 2 N–H and O–H groups in total. The van der Waals surface area contributed by atoms with Crippen LogP contribution in [0.4, 0.5) is 0 Å². The quantitative estimate of drug-likeness (QED) is 0.854. The number of nitrogens with two attached hydrogens (primary N) is 1. The van der Waals surface area contributed by atoms with E-state index in [0.29, 0.717) is 24.2 Å². The first-order chi connectivity index (χ1) is 10.3. The monoisotopic (exact) mass is 298 g/mol. The van der Waals surface area contributed by atoms with Gasteiger partial charge in [0.05, 0.1) is 12.1 Å². The average molecular weight is 298 g/mol. The van der Waals surface area contributed by atoms with Crippen LogP contribution in [-0.2, 0) is 16.6 Å². The molecule has 0 saturated carbocycles. The zero-order chi connectivity index (χ0) is 16.1. The lowest BCUT2D eigenvalue weighted by atomic mass is 9.70. The molecule has 22 heavy (non-hydrogen) atoms. The molecule has 0 amide bonds. The number of carbonyl (C=O) groups excluding carboxylic acids is 1. The summed E-state index contributed by atoms with van der Waals surface area (Å²) in [6, 6.07) is 2.09. The highest BCUT2D eigenvalue weighted by molar-refractivity contribution is 6.00. The van der Waals surface area contributed by atoms with Gasteiger partial charge in [-0.05, 0) is 5.41 Å². The van der Waals surface area contributed by atoms with Gasteiger partial charge in [0.15, 0.2) is 5.78 Å². The van der Waals surface area contributed by atoms with Crippen molar-refractivity contribution in [3.63, 3.8) is 0 Å². The maximum absolute atomic E-state index is 12.7. The summed E-state index contributed by atoms with van der Waals surface area (Å²) in [7, 11) is 1.79. The Hall–Kier alpha value is -2.55. The number of ether oxygens (including phenoxy) is 1. The maximum Gasteiger partial charge on any atom is 0.205 e. The molecule has 114 valence electrons. The second-order valence-electron chi connectivity index (χ2n) is 6.65. The molecule has 1 unspecified atom stereocenters. The number of allylic oxidation sites excluding steroid dienone is 3. The van der Waals surface area contributed by atoms with Gasteiger partial charge in [0.2, 0.25) is 5.88 Å². The lowest BCUT2D eigenvalue weighted by molar-refractivity contribution is -0.119. The number of aryl methyl sites for hydroxylation is 1. The van der Waals surface area contributed by atoms with Gasteiger partial charge < -0.3 is 10.5 Å². The van der Waals surface area contributed by atoms with E-state index in [1.54, 1.807) is 24.1 Å². The molecule has 6 heteroatoms. The van der Waals surface area contributed by atoms with Gasteiger partial charge in [-0.3, -0.25) is 9.48 Å². The predicted molar refractivity (Wildman–Crippen MR) is 78.9 cm³/mol. The van der Waals surface area contributed by atoms with E-state index in [-0.39, 0.29) is 22.7 Å². The van der Waals surface area contributed by atoms with Crippen LogP contribution in [0.25, 0.3) is 0 Å². The summed E-state index contributed by atoms with van der Waals surface area (Å²) in [5.74, 6) is 0.207. The normalized spacial score (nSPS) is 23.9. The Morgan fingerprint density at radius 2 is 2.23 bits per heavy atom. The van der Waals surface area contributed by atoms with Crippen LogP contribution in [0.15, 0.2) is 35.2 Å². The standard InChI is InChI=1S/C16H18N4O2/c1-16(2)4-11(21)14-12(5-16)22-15(18)10(6-17)13(14)9-7-19-20(3)8-9/h7-8,13H,4-5,18H2,1-3H3. The number of hydrogen-bond acceptors (Lipinski definition) is 5. The molecule has 0 saturated heterocycles. The van der Waals surface area contributed by atoms with Gasteiger partial charge >= 0.3 is 0 Å². The van der Waals surface area contributed by atoms with Crippen LogP contribution in [-0.4, -0.2) is 15.6 Å². The second-order valence-corrected chi connectivity index (χ2v) is 6.65. The number of aromatic nitrogens is 2. The van der Waals surface area contributed by atoms with Gasteiger partial charge in [-0.15, -0.1) is 0 Å². The number of nitrogens with zero attached hydrogens (tertiary/aromatic N) is 3. The Labute approximate surface area is 128 Å². The highest BCUT2D eigenvalue weighted by Gasteiger charge is 2.43. The van der Waals surface area contributed by atoms with Crippen LogP contribution in [0.5, 0.6) is 0 Å². The first-order valence-corrected chi connectivity index (χ1v) is 7.15. The van der Waals surface area contributed by atoms with E-state index in [9.17, 15) is 10.1 Å². The third kappa shape index (κ3) is 2.19. The van der Waals surface area contributed by atoms with Crippen LogP contribution in [0, 0.1) is 16.7 Å². The molecule has 1 aromatic rings. The molecule has 1 aliphatic carbocycles. The molecule has 0 fully saturated rings. The fourth-order valence-electron chi connectivity index (χ4n) is 3.21. The minimum absolute atomic E-state index is 0.0142. The first kappa shape index (κ1) is 14.4. The Morgan fingerprint density at radius 1 is 1.50 bits per heavy atom. The zero-order valence-corrected chi connectivity index (χ0v) is 12.9. The van der Waals surface area contributed by atoms with Gasteiger partial charge in [-0.2, -0.15) is 10.4 Å². The van der Waals surface area contributed by atoms with Crippen molar-refractivity contribution >= 4 is 5.78 Å². The van der Waals surface area contributed by atoms with Crippen molar-refractivity contribution in [1.29, 1.82) is 5.26 Å². The van der Waals surface area contributed by atoms with Crippen LogP contribution in [0.1, 0.15) is 38.2 Å². The first-order valence-electron chi connectivity index (χ1n) is 7.15. The van der Waals surface area contributed by atoms with Gasteiger partial charge in [0.1, 0.15) is 17.4 Å². The molecule has 0 spiro atoms. The Kier molecular flexibility index (Phi) is 3.10. The third-order valence-electron chi connectivity index (χ3n) is 4.13. The summed E-state index contributed by atoms with van der Waals surface area (Å²) in [4.78, 5) is 12.7. The molecule has 0 aromatic carbocycles. The molecule has 6 nitrogen and oxygen atoms in total. The molecular weight excluding hydrogens is 280 g/mol. The summed E-state index contributed by atoms with van der Waals surface area (Å²) in [5.41, 5.74) is 7.38. The smallest absolute Gasteiger partial charge is 0.205 e. The SMILES string of the molecule is Cn1cc(C2C(C#N)=C(N)OC3=C2C(=O)CC(C)(C)C3)cn1. The Morgan fingerprint density at radius 3 is 2.82 bits per heavy atom. The average Bonchev–Trinajstić information content (AvgIpc) is 2.82. The van der Waals surface area contributed by atoms with E-state index < -0.39 is 5.92 Å². The van der Waals surface area contributed by atoms with Crippen LogP contribution in [0.3, 0.4) is 0 Å². The summed E-state index contributed by atoms with van der Waals surface area (Å²) in [5, 5.41) is 13.6. The number of Topliss-reactive ketones (excluding diaryl/α,β-unsaturated/α-hetero) is 1. The highest BCUT2D eigenvalue weighted by Crippen LogP contribution is 2.47. The Bertz CT molecular complexity index is 761. The third-order valence-corrected chi connectivity index (χ3v) is 4.13. The van der Waals surface area contributed by atoms with Crippen LogP contribution < -0.4 is 5.73 Å². The summed E-state index contributed by atoms with van der Waals surface area (Å²) >= 11 is 0. The molecule has 3 rings (SSSR count). The fourth-order valence-corrected chi connectivity index (χ4v) is 3.21. The van der Waals surface area contributed by atoms with Crippen LogP contribution in [0.2, 0.25) is 0 Å². The van der Waals surface area contributed by atoms with Crippen molar-refractivity contribution in [2.24, 2.45) is 18.2 Å². The molecular formula is C16H18N4O2. The van der Waals surface area contributed by atoms with Crippen molar-refractivity contribution in [1.82, 2.24) is 9.78 Å². The molecule has 1 atom stereocenters. The van der Waals surface area contributed by atoms with Gasteiger partial charge in [0, 0.05) is 37.2 Å². The maximum atomic E-state index is 12.7. The van der Waals surface area contributed by atoms with E-state index in [4.69, 9.17) is 10.5 Å². The van der Waals surface area contributed by atoms with E-state index in [1.165, 1.54) is 0 Å². The van der Waals surface area contributed by atoms with Crippen molar-refractivity contribution < 1.29 is 9.53 Å². The Balaban J connectivity index is 2.17. The van der Waals surface area contributed by atoms with E-state index in [0.717, 1.165) is 5.56 Å². The lowest BCUT2D eigenvalue weighted by Crippen LogP contribution is -2.33. The predicted octanol–water partition coefficient (Wildman–Crippen LogP) is 1.87. The molecule has 1 aromatic heterocycles. The number of ketones is 1. The second kappa shape index (κ2) is 4.73. The topological polar surface area (TPSA) is 93.9 Å². The molecule has 2 aliphatic rings. The van der Waals surface area contributed by atoms with E-state index in [2.05, 4.69) is 11.2 Å². The van der Waals surface area contributed by atoms with Crippen molar-refractivity contribution in [2.75, 3.05) is 0 Å². The molecule has 0 radical (unpaired) electrons. The zero-order valence-electron chi connectivity index (χ0n) is 12.9. The highest BCUT2D eigenvalue weighted by atomic mass is 16.5. The minimum atomic E-state index is -0.481. The number of carbonyl (C=O) groups is 1. The lowest BCUT2D eigenvalue weighted by Gasteiger charge is -2.36. The van der Waals surface area contributed by atoms with E-state index >= 15 is 0 Å². The van der Waals surface area contributed by atoms with E-state index in [1.807, 2.05) is 13.8 Å². The van der Waals surface area contributed by atoms with Gasteiger partial charge in [0.25, 0.3) is 0 Å². The van der Waals surface area contributed by atoms with Crippen molar-refractivity contribution in [3.05, 3.63) is 40.7 Å². The summed E-state index contributed by atoms with van der Waals surface area (Å²) in [6.07, 6.45) is 4.53. The molecule has 2 heterocycles. The summed E-state index contributed by atoms with van der Waals surface area (Å²) in [6.45, 7) is 4.05. The number of hydrogen-bond donors (Lipinski definition) is 1. The fraction of sp³-hybridized carbons (Fsp3) is 0.438. The van der Waals surface area contributed by atoms with Crippen molar-refractivity contribution in [3.8, 4) is 6.07 Å². The molecule has 1 aliphatic heterocycles. The minimum Gasteiger partial charge on any atom is -0.444 e. The van der Waals surface area contributed by atoms with Crippen molar-refractivity contribution in [2.45, 2.75) is 32.6 Å². The largest absolute Gasteiger partial charge is 0.444 e. The van der Waals surface area contributed by atoms with Crippen LogP contribution >= 0.6 is 0 Å². The summed E-state index contributed by atoms with van der Waals surface area (Å²) < 4.78 is 7.27.